The summed E-state index contributed by atoms with van der Waals surface area (Å²) in [7, 11) is 1.37. The van der Waals surface area contributed by atoms with Gasteiger partial charge in [0.15, 0.2) is 0 Å². The van der Waals surface area contributed by atoms with E-state index in [0.717, 1.165) is 58.6 Å². The molecule has 2 aromatic heterocycles. The van der Waals surface area contributed by atoms with E-state index in [1.165, 1.54) is 18.2 Å². The van der Waals surface area contributed by atoms with Crippen LogP contribution in [0.4, 0.5) is 0 Å². The molecular weight excluding hydrogens is 532 g/mol. The molecule has 0 aliphatic heterocycles. The van der Waals surface area contributed by atoms with Gasteiger partial charge in [0.1, 0.15) is 5.82 Å². The van der Waals surface area contributed by atoms with Crippen LogP contribution < -0.4 is 5.56 Å². The number of fused-ring (bicyclic) bond motifs is 1. The van der Waals surface area contributed by atoms with Crippen molar-refractivity contribution >= 4 is 39.0 Å². The van der Waals surface area contributed by atoms with Crippen molar-refractivity contribution in [3.05, 3.63) is 91.7 Å². The fourth-order valence-electron chi connectivity index (χ4n) is 5.23. The van der Waals surface area contributed by atoms with E-state index >= 15 is 0 Å². The van der Waals surface area contributed by atoms with E-state index in [-0.39, 0.29) is 17.4 Å². The van der Waals surface area contributed by atoms with Crippen molar-refractivity contribution in [2.75, 3.05) is 7.11 Å². The van der Waals surface area contributed by atoms with Gasteiger partial charge in [-0.15, -0.1) is 0 Å². The highest BCUT2D eigenvalue weighted by atomic mass is 79.9. The van der Waals surface area contributed by atoms with Crippen molar-refractivity contribution in [2.24, 2.45) is 5.10 Å². The number of nitrogens with zero attached hydrogens (tertiary/aromatic N) is 4. The smallest absolute Gasteiger partial charge is 0.337 e. The number of halogens is 1. The maximum absolute atomic E-state index is 13.6. The minimum atomic E-state index is -0.379. The van der Waals surface area contributed by atoms with Gasteiger partial charge in [-0.25, -0.2) is 9.78 Å². The first kappa shape index (κ1) is 25.1. The molecule has 0 unspecified atom stereocenters. The first-order valence-corrected chi connectivity index (χ1v) is 13.3. The quantitative estimate of drug-likeness (QED) is 0.212. The van der Waals surface area contributed by atoms with Crippen molar-refractivity contribution in [1.82, 2.24) is 14.2 Å². The molecule has 5 rings (SSSR count). The van der Waals surface area contributed by atoms with Gasteiger partial charge in [0.25, 0.3) is 5.56 Å². The number of aryl methyl sites for hydroxylation is 1. The molecule has 7 nitrogen and oxygen atoms in total. The third kappa shape index (κ3) is 4.90. The lowest BCUT2D eigenvalue weighted by molar-refractivity contribution is 0.0600. The number of hydrogen-bond donors (Lipinski definition) is 0. The van der Waals surface area contributed by atoms with Crippen LogP contribution >= 0.6 is 15.9 Å². The maximum Gasteiger partial charge on any atom is 0.337 e. The van der Waals surface area contributed by atoms with Gasteiger partial charge in [0.05, 0.1) is 29.8 Å². The van der Waals surface area contributed by atoms with Gasteiger partial charge in [-0.2, -0.15) is 9.78 Å². The summed E-state index contributed by atoms with van der Waals surface area (Å²) in [5.74, 6) is 0.562. The second-order valence-electron chi connectivity index (χ2n) is 9.53. The minimum Gasteiger partial charge on any atom is -0.465 e. The van der Waals surface area contributed by atoms with Crippen molar-refractivity contribution in [1.29, 1.82) is 0 Å². The van der Waals surface area contributed by atoms with Crippen molar-refractivity contribution in [2.45, 2.75) is 51.9 Å². The van der Waals surface area contributed by atoms with Gasteiger partial charge in [0.2, 0.25) is 0 Å². The van der Waals surface area contributed by atoms with Crippen LogP contribution in [-0.2, 0) is 4.74 Å². The van der Waals surface area contributed by atoms with Crippen LogP contribution in [0.1, 0.15) is 71.2 Å². The van der Waals surface area contributed by atoms with Gasteiger partial charge in [-0.05, 0) is 69.2 Å². The number of ether oxygens (including phenoxy) is 1. The maximum atomic E-state index is 13.6. The van der Waals surface area contributed by atoms with E-state index in [9.17, 15) is 9.59 Å². The van der Waals surface area contributed by atoms with E-state index in [1.807, 2.05) is 56.3 Å². The molecule has 2 aromatic carbocycles. The Morgan fingerprint density at radius 3 is 2.65 bits per heavy atom. The third-order valence-corrected chi connectivity index (χ3v) is 7.60. The van der Waals surface area contributed by atoms with Crippen molar-refractivity contribution in [3.8, 4) is 5.69 Å². The molecule has 0 spiro atoms. The lowest BCUT2D eigenvalue weighted by Gasteiger charge is -2.22. The average molecular weight is 561 g/mol. The summed E-state index contributed by atoms with van der Waals surface area (Å²) in [4.78, 5) is 30.6. The number of esters is 1. The standard InChI is InChI=1S/C29H29BrN4O3/c1-18-14-22(19(2)33(18)24-11-7-10-21(15-24)29(36)37-3)17-31-34-27(20-8-5-4-6-9-20)32-26-13-12-23(30)16-25(26)28(34)35/h7,10-17,20H,4-6,8-9H2,1-3H3. The number of aromatic nitrogens is 3. The molecule has 1 aliphatic carbocycles. The molecule has 1 saturated carbocycles. The van der Waals surface area contributed by atoms with E-state index in [0.29, 0.717) is 16.5 Å². The summed E-state index contributed by atoms with van der Waals surface area (Å²) in [6.07, 6.45) is 7.24. The summed E-state index contributed by atoms with van der Waals surface area (Å²) in [5, 5.41) is 5.25. The highest BCUT2D eigenvalue weighted by molar-refractivity contribution is 9.10. The summed E-state index contributed by atoms with van der Waals surface area (Å²) in [5.41, 5.74) is 4.70. The Bertz CT molecular complexity index is 1580. The molecule has 37 heavy (non-hydrogen) atoms. The topological polar surface area (TPSA) is 78.5 Å². The molecule has 0 atom stereocenters. The number of benzene rings is 2. The molecule has 2 heterocycles. The van der Waals surface area contributed by atoms with Crippen molar-refractivity contribution < 1.29 is 9.53 Å². The molecule has 0 saturated heterocycles. The predicted octanol–water partition coefficient (Wildman–Crippen LogP) is 6.28. The molecular formula is C29H29BrN4O3. The molecule has 0 N–H and O–H groups in total. The monoisotopic (exact) mass is 560 g/mol. The van der Waals surface area contributed by atoms with Crippen LogP contribution in [0.15, 0.2) is 62.9 Å². The number of rotatable bonds is 5. The van der Waals surface area contributed by atoms with Gasteiger partial charge in [-0.1, -0.05) is 41.3 Å². The van der Waals surface area contributed by atoms with Crippen LogP contribution in [0.2, 0.25) is 0 Å². The summed E-state index contributed by atoms with van der Waals surface area (Å²) < 4.78 is 9.27. The molecule has 1 aliphatic rings. The average Bonchev–Trinajstić information content (AvgIpc) is 3.20. The molecule has 0 amide bonds. The zero-order valence-corrected chi connectivity index (χ0v) is 22.8. The molecule has 0 bridgehead atoms. The molecule has 0 radical (unpaired) electrons. The summed E-state index contributed by atoms with van der Waals surface area (Å²) in [6.45, 7) is 4.00. The van der Waals surface area contributed by atoms with E-state index in [1.54, 1.807) is 12.3 Å². The second-order valence-corrected chi connectivity index (χ2v) is 10.4. The number of carbonyl (C=O) groups excluding carboxylic acids is 1. The molecule has 1 fully saturated rings. The third-order valence-electron chi connectivity index (χ3n) is 7.11. The lowest BCUT2D eigenvalue weighted by Crippen LogP contribution is -2.25. The fourth-order valence-corrected chi connectivity index (χ4v) is 5.59. The summed E-state index contributed by atoms with van der Waals surface area (Å²) >= 11 is 3.48. The van der Waals surface area contributed by atoms with Crippen molar-refractivity contribution in [3.63, 3.8) is 0 Å². The van der Waals surface area contributed by atoms with Crippen LogP contribution in [0.25, 0.3) is 16.6 Å². The van der Waals surface area contributed by atoms with Gasteiger partial charge >= 0.3 is 5.97 Å². The molecule has 4 aromatic rings. The fraction of sp³-hybridized carbons (Fsp3) is 0.310. The van der Waals surface area contributed by atoms with Gasteiger partial charge < -0.3 is 9.30 Å². The Hall–Kier alpha value is -3.52. The SMILES string of the molecule is COC(=O)c1cccc(-n2c(C)cc(C=Nn3c(C4CCCCC4)nc4ccc(Br)cc4c3=O)c2C)c1. The highest BCUT2D eigenvalue weighted by Gasteiger charge is 2.23. The van der Waals surface area contributed by atoms with Crippen LogP contribution in [0, 0.1) is 13.8 Å². The number of methoxy groups -OCH3 is 1. The summed E-state index contributed by atoms with van der Waals surface area (Å²) in [6, 6.07) is 15.0. The molecule has 8 heteroatoms. The zero-order chi connectivity index (χ0) is 26.1. The molecule has 190 valence electrons. The first-order chi connectivity index (χ1) is 17.9. The van der Waals surface area contributed by atoms with Crippen LogP contribution in [0.3, 0.4) is 0 Å². The normalized spacial score (nSPS) is 14.5. The Balaban J connectivity index is 1.59. The zero-order valence-electron chi connectivity index (χ0n) is 21.2. The van der Waals surface area contributed by atoms with E-state index in [2.05, 4.69) is 20.5 Å². The number of hydrogen-bond acceptors (Lipinski definition) is 5. The van der Waals surface area contributed by atoms with E-state index in [4.69, 9.17) is 14.8 Å². The van der Waals surface area contributed by atoms with Crippen LogP contribution in [-0.4, -0.2) is 33.5 Å². The Morgan fingerprint density at radius 2 is 1.89 bits per heavy atom. The van der Waals surface area contributed by atoms with Gasteiger partial charge in [-0.3, -0.25) is 4.79 Å². The minimum absolute atomic E-state index is 0.164. The van der Waals surface area contributed by atoms with Crippen LogP contribution in [0.5, 0.6) is 0 Å². The predicted molar refractivity (Wildman–Crippen MR) is 149 cm³/mol. The Kier molecular flexibility index (Phi) is 7.11. The van der Waals surface area contributed by atoms with E-state index < -0.39 is 0 Å². The highest BCUT2D eigenvalue weighted by Crippen LogP contribution is 2.32. The lowest BCUT2D eigenvalue weighted by atomic mass is 9.88. The Labute approximate surface area is 223 Å². The Morgan fingerprint density at radius 1 is 1.11 bits per heavy atom. The largest absolute Gasteiger partial charge is 0.465 e. The first-order valence-electron chi connectivity index (χ1n) is 12.5. The van der Waals surface area contributed by atoms with Gasteiger partial charge in [0, 0.05) is 33.0 Å². The second kappa shape index (κ2) is 10.5. The number of carbonyl (C=O) groups is 1.